The highest BCUT2D eigenvalue weighted by Gasteiger charge is 2.35. The molecule has 1 fully saturated rings. The van der Waals surface area contributed by atoms with Crippen molar-refractivity contribution in [2.24, 2.45) is 0 Å². The van der Waals surface area contributed by atoms with Gasteiger partial charge in [-0.15, -0.1) is 10.2 Å². The fourth-order valence-electron chi connectivity index (χ4n) is 3.73. The summed E-state index contributed by atoms with van der Waals surface area (Å²) >= 11 is 3.39. The van der Waals surface area contributed by atoms with E-state index >= 15 is 0 Å². The summed E-state index contributed by atoms with van der Waals surface area (Å²) in [5, 5.41) is 8.86. The highest BCUT2D eigenvalue weighted by atomic mass is 79.9. The van der Waals surface area contributed by atoms with Crippen molar-refractivity contribution >= 4 is 21.8 Å². The second-order valence-electron chi connectivity index (χ2n) is 6.49. The molecule has 4 rings (SSSR count). The smallest absolute Gasteiger partial charge is 0.256 e. The summed E-state index contributed by atoms with van der Waals surface area (Å²) in [6, 6.07) is 1.85. The normalized spacial score (nSPS) is 20.7. The van der Waals surface area contributed by atoms with Gasteiger partial charge in [-0.25, -0.2) is 0 Å². The summed E-state index contributed by atoms with van der Waals surface area (Å²) in [7, 11) is 0. The Morgan fingerprint density at radius 3 is 2.92 bits per heavy atom. The molecular weight excluding hydrogens is 370 g/mol. The molecule has 0 radical (unpaired) electrons. The summed E-state index contributed by atoms with van der Waals surface area (Å²) in [5.41, 5.74) is 0.617. The highest BCUT2D eigenvalue weighted by Crippen LogP contribution is 2.33. The minimum absolute atomic E-state index is 0.0239. The van der Waals surface area contributed by atoms with Gasteiger partial charge in [0.1, 0.15) is 5.82 Å². The van der Waals surface area contributed by atoms with E-state index in [4.69, 9.17) is 0 Å². The van der Waals surface area contributed by atoms with Crippen LogP contribution in [0.3, 0.4) is 0 Å². The number of nitrogens with zero attached hydrogens (tertiary/aromatic N) is 5. The Hall–Kier alpha value is -1.76. The van der Waals surface area contributed by atoms with E-state index in [-0.39, 0.29) is 11.9 Å². The van der Waals surface area contributed by atoms with E-state index in [0.29, 0.717) is 5.56 Å². The van der Waals surface area contributed by atoms with Crippen LogP contribution >= 0.6 is 15.9 Å². The second kappa shape index (κ2) is 6.63. The van der Waals surface area contributed by atoms with Gasteiger partial charge >= 0.3 is 0 Å². The van der Waals surface area contributed by atoms with Crippen molar-refractivity contribution in [1.29, 1.82) is 0 Å². The number of hydrogen-bond acceptors (Lipinski definition) is 4. The van der Waals surface area contributed by atoms with Gasteiger partial charge in [0.15, 0.2) is 5.82 Å². The zero-order chi connectivity index (χ0) is 16.5. The molecule has 2 aliphatic heterocycles. The molecule has 0 bridgehead atoms. The minimum atomic E-state index is 0.0239. The van der Waals surface area contributed by atoms with Crippen molar-refractivity contribution in [3.63, 3.8) is 0 Å². The molecule has 0 N–H and O–H groups in total. The van der Waals surface area contributed by atoms with E-state index < -0.39 is 0 Å². The van der Waals surface area contributed by atoms with E-state index in [0.717, 1.165) is 54.9 Å². The molecule has 1 unspecified atom stereocenters. The zero-order valence-electron chi connectivity index (χ0n) is 13.5. The quantitative estimate of drug-likeness (QED) is 0.791. The van der Waals surface area contributed by atoms with Gasteiger partial charge in [-0.2, -0.15) is 0 Å². The summed E-state index contributed by atoms with van der Waals surface area (Å²) in [6.45, 7) is 1.73. The summed E-state index contributed by atoms with van der Waals surface area (Å²) in [5.74, 6) is 2.06. The van der Waals surface area contributed by atoms with Crippen molar-refractivity contribution in [1.82, 2.24) is 24.6 Å². The molecule has 1 atom stereocenters. The number of fused-ring (bicyclic) bond motifs is 1. The highest BCUT2D eigenvalue weighted by molar-refractivity contribution is 9.10. The Balaban J connectivity index is 1.64. The number of aromatic nitrogens is 4. The van der Waals surface area contributed by atoms with Crippen LogP contribution in [0.5, 0.6) is 0 Å². The maximum Gasteiger partial charge on any atom is 0.256 e. The number of halogens is 1. The lowest BCUT2D eigenvalue weighted by atomic mass is 10.2. The number of hydrogen-bond donors (Lipinski definition) is 0. The first kappa shape index (κ1) is 15.7. The second-order valence-corrected chi connectivity index (χ2v) is 7.40. The number of amides is 1. The molecule has 24 heavy (non-hydrogen) atoms. The predicted molar refractivity (Wildman–Crippen MR) is 92.5 cm³/mol. The molecule has 2 aromatic rings. The first-order valence-corrected chi connectivity index (χ1v) is 9.37. The third-order valence-corrected chi connectivity index (χ3v) is 5.34. The molecule has 7 heteroatoms. The fourth-order valence-corrected chi connectivity index (χ4v) is 4.09. The molecule has 126 valence electrons. The average Bonchev–Trinajstić information content (AvgIpc) is 3.15. The molecule has 0 saturated carbocycles. The largest absolute Gasteiger partial charge is 0.328 e. The van der Waals surface area contributed by atoms with Gasteiger partial charge in [0.25, 0.3) is 5.91 Å². The molecule has 0 aromatic carbocycles. The van der Waals surface area contributed by atoms with E-state index in [2.05, 4.69) is 35.7 Å². The number of pyridine rings is 1. The van der Waals surface area contributed by atoms with Gasteiger partial charge in [0.2, 0.25) is 0 Å². The van der Waals surface area contributed by atoms with Gasteiger partial charge in [0.05, 0.1) is 11.6 Å². The van der Waals surface area contributed by atoms with Crippen LogP contribution in [0.15, 0.2) is 22.9 Å². The summed E-state index contributed by atoms with van der Waals surface area (Å²) in [4.78, 5) is 19.0. The van der Waals surface area contributed by atoms with Crippen LogP contribution in [0.2, 0.25) is 0 Å². The van der Waals surface area contributed by atoms with Gasteiger partial charge in [-0.05, 0) is 47.7 Å². The third-order valence-electron chi connectivity index (χ3n) is 4.90. The Morgan fingerprint density at radius 1 is 1.12 bits per heavy atom. The third kappa shape index (κ3) is 2.85. The van der Waals surface area contributed by atoms with Crippen LogP contribution in [-0.2, 0) is 13.0 Å². The molecule has 2 aliphatic rings. The number of likely N-dealkylation sites (tertiary alicyclic amines) is 1. The van der Waals surface area contributed by atoms with Crippen molar-refractivity contribution < 1.29 is 4.79 Å². The first-order chi connectivity index (χ1) is 11.7. The number of rotatable bonds is 2. The van der Waals surface area contributed by atoms with E-state index in [9.17, 15) is 4.79 Å². The lowest BCUT2D eigenvalue weighted by Gasteiger charge is -2.24. The molecule has 0 aliphatic carbocycles. The van der Waals surface area contributed by atoms with Gasteiger partial charge in [0, 0.05) is 36.4 Å². The SMILES string of the molecule is O=C(c1cncc(Br)c1)N1CCCC1c1nnc2n1CCCCC2. The van der Waals surface area contributed by atoms with Crippen LogP contribution in [-0.4, -0.2) is 37.1 Å². The number of carbonyl (C=O) groups is 1. The van der Waals surface area contributed by atoms with Crippen molar-refractivity contribution in [3.05, 3.63) is 40.1 Å². The average molecular weight is 390 g/mol. The van der Waals surface area contributed by atoms with Crippen LogP contribution in [0.1, 0.15) is 60.2 Å². The van der Waals surface area contributed by atoms with Gasteiger partial charge < -0.3 is 9.47 Å². The number of carbonyl (C=O) groups excluding carboxylic acids is 1. The predicted octanol–water partition coefficient (Wildman–Crippen LogP) is 3.14. The first-order valence-electron chi connectivity index (χ1n) is 8.57. The van der Waals surface area contributed by atoms with Gasteiger partial charge in [-0.3, -0.25) is 9.78 Å². The summed E-state index contributed by atoms with van der Waals surface area (Å²) < 4.78 is 3.07. The maximum atomic E-state index is 12.9. The molecule has 2 aromatic heterocycles. The van der Waals surface area contributed by atoms with Crippen LogP contribution < -0.4 is 0 Å². The molecule has 0 spiro atoms. The van der Waals surface area contributed by atoms with Crippen molar-refractivity contribution in [3.8, 4) is 0 Å². The van der Waals surface area contributed by atoms with Crippen LogP contribution in [0.25, 0.3) is 0 Å². The summed E-state index contributed by atoms with van der Waals surface area (Å²) in [6.07, 6.45) is 9.83. The Labute approximate surface area is 149 Å². The zero-order valence-corrected chi connectivity index (χ0v) is 15.1. The fraction of sp³-hybridized carbons (Fsp3) is 0.529. The van der Waals surface area contributed by atoms with E-state index in [1.54, 1.807) is 12.4 Å². The maximum absolute atomic E-state index is 12.9. The Bertz CT molecular complexity index is 759. The Morgan fingerprint density at radius 2 is 2.04 bits per heavy atom. The monoisotopic (exact) mass is 389 g/mol. The van der Waals surface area contributed by atoms with E-state index in [1.807, 2.05) is 11.0 Å². The molecule has 1 amide bonds. The lowest BCUT2D eigenvalue weighted by molar-refractivity contribution is 0.0726. The Kier molecular flexibility index (Phi) is 4.35. The number of aryl methyl sites for hydroxylation is 1. The van der Waals surface area contributed by atoms with Crippen LogP contribution in [0.4, 0.5) is 0 Å². The molecule has 6 nitrogen and oxygen atoms in total. The molecule has 1 saturated heterocycles. The minimum Gasteiger partial charge on any atom is -0.328 e. The molecular formula is C17H20BrN5O. The van der Waals surface area contributed by atoms with Gasteiger partial charge in [-0.1, -0.05) is 6.42 Å². The van der Waals surface area contributed by atoms with Crippen molar-refractivity contribution in [2.45, 2.75) is 51.1 Å². The molecule has 4 heterocycles. The lowest BCUT2D eigenvalue weighted by Crippen LogP contribution is -2.32. The topological polar surface area (TPSA) is 63.9 Å². The van der Waals surface area contributed by atoms with E-state index in [1.165, 1.54) is 12.8 Å². The van der Waals surface area contributed by atoms with Crippen LogP contribution in [0, 0.1) is 0 Å². The standard InChI is InChI=1S/C17H20BrN5O/c18-13-9-12(10-19-11-13)17(24)22-8-4-5-14(22)16-21-20-15-6-2-1-3-7-23(15)16/h9-11,14H,1-8H2. The van der Waals surface area contributed by atoms with Crippen molar-refractivity contribution in [2.75, 3.05) is 6.54 Å².